The second-order valence-corrected chi connectivity index (χ2v) is 6.41. The van der Waals surface area contributed by atoms with Gasteiger partial charge in [-0.1, -0.05) is 26.7 Å². The number of rotatable bonds is 8. The van der Waals surface area contributed by atoms with Crippen LogP contribution in [0.3, 0.4) is 0 Å². The lowest BCUT2D eigenvalue weighted by atomic mass is 9.84. The number of hydrogen-bond donors (Lipinski definition) is 1. The topological polar surface area (TPSA) is 15.3 Å². The highest BCUT2D eigenvalue weighted by Crippen LogP contribution is 2.31. The van der Waals surface area contributed by atoms with Crippen molar-refractivity contribution < 1.29 is 0 Å². The summed E-state index contributed by atoms with van der Waals surface area (Å²) in [6.07, 6.45) is 10.0. The van der Waals surface area contributed by atoms with E-state index in [1.807, 2.05) is 0 Å². The van der Waals surface area contributed by atoms with Gasteiger partial charge in [-0.3, -0.25) is 0 Å². The molecule has 1 N–H and O–H groups in total. The summed E-state index contributed by atoms with van der Waals surface area (Å²) in [7, 11) is 0. The van der Waals surface area contributed by atoms with Crippen molar-refractivity contribution >= 4 is 0 Å². The molecule has 0 aliphatic heterocycles. The lowest BCUT2D eigenvalue weighted by Crippen LogP contribution is -2.44. The van der Waals surface area contributed by atoms with Crippen LogP contribution in [0.1, 0.15) is 58.8 Å². The van der Waals surface area contributed by atoms with Gasteiger partial charge in [0.05, 0.1) is 0 Å². The van der Waals surface area contributed by atoms with Gasteiger partial charge in [0, 0.05) is 19.1 Å². The Bertz CT molecular complexity index is 223. The van der Waals surface area contributed by atoms with Crippen LogP contribution in [0.5, 0.6) is 0 Å². The third-order valence-electron chi connectivity index (χ3n) is 4.62. The van der Waals surface area contributed by atoms with Gasteiger partial charge in [-0.05, 0) is 57.0 Å². The minimum atomic E-state index is 0.794. The van der Waals surface area contributed by atoms with Crippen molar-refractivity contribution in [3.8, 4) is 0 Å². The normalized spacial score (nSPS) is 28.8. The van der Waals surface area contributed by atoms with Crippen LogP contribution in [0.25, 0.3) is 0 Å². The standard InChI is InChI=1S/C16H32N2/c1-3-11-18(12-14-9-10-14)13-15-7-5-6-8-16(15)17-4-2/h14-17H,3-13H2,1-2H3. The molecule has 2 saturated carbocycles. The monoisotopic (exact) mass is 252 g/mol. The Morgan fingerprint density at radius 1 is 1.00 bits per heavy atom. The lowest BCUT2D eigenvalue weighted by Gasteiger charge is -2.36. The Hall–Kier alpha value is -0.0800. The fraction of sp³-hybridized carbons (Fsp3) is 1.00. The lowest BCUT2D eigenvalue weighted by molar-refractivity contribution is 0.164. The first-order chi connectivity index (χ1) is 8.83. The summed E-state index contributed by atoms with van der Waals surface area (Å²) in [5.41, 5.74) is 0. The second kappa shape index (κ2) is 7.49. The first-order valence-electron chi connectivity index (χ1n) is 8.29. The van der Waals surface area contributed by atoms with Crippen molar-refractivity contribution in [2.24, 2.45) is 11.8 Å². The average Bonchev–Trinajstić information content (AvgIpc) is 3.16. The van der Waals surface area contributed by atoms with Crippen LogP contribution in [0.2, 0.25) is 0 Å². The molecule has 18 heavy (non-hydrogen) atoms. The summed E-state index contributed by atoms with van der Waals surface area (Å²) in [5.74, 6) is 1.95. The molecule has 2 unspecified atom stereocenters. The van der Waals surface area contributed by atoms with Crippen molar-refractivity contribution in [1.82, 2.24) is 10.2 Å². The highest BCUT2D eigenvalue weighted by molar-refractivity contribution is 4.85. The van der Waals surface area contributed by atoms with Crippen LogP contribution in [0.4, 0.5) is 0 Å². The first kappa shape index (κ1) is 14.3. The Morgan fingerprint density at radius 2 is 1.78 bits per heavy atom. The van der Waals surface area contributed by atoms with Gasteiger partial charge >= 0.3 is 0 Å². The molecule has 0 aromatic rings. The number of hydrogen-bond acceptors (Lipinski definition) is 2. The molecule has 0 aromatic carbocycles. The Balaban J connectivity index is 1.81. The summed E-state index contributed by atoms with van der Waals surface area (Å²) >= 11 is 0. The van der Waals surface area contributed by atoms with E-state index in [4.69, 9.17) is 0 Å². The minimum absolute atomic E-state index is 0.794. The molecular weight excluding hydrogens is 220 g/mol. The molecule has 0 saturated heterocycles. The molecular formula is C16H32N2. The molecule has 0 radical (unpaired) electrons. The molecule has 2 aliphatic carbocycles. The zero-order valence-corrected chi connectivity index (χ0v) is 12.5. The fourth-order valence-corrected chi connectivity index (χ4v) is 3.53. The van der Waals surface area contributed by atoms with Gasteiger partial charge in [0.25, 0.3) is 0 Å². The molecule has 2 rings (SSSR count). The molecule has 2 aliphatic rings. The third-order valence-corrected chi connectivity index (χ3v) is 4.62. The first-order valence-corrected chi connectivity index (χ1v) is 8.29. The van der Waals surface area contributed by atoms with Gasteiger partial charge in [0.15, 0.2) is 0 Å². The quantitative estimate of drug-likeness (QED) is 0.713. The van der Waals surface area contributed by atoms with Crippen molar-refractivity contribution in [2.45, 2.75) is 64.8 Å². The molecule has 106 valence electrons. The van der Waals surface area contributed by atoms with Crippen LogP contribution in [0.15, 0.2) is 0 Å². The van der Waals surface area contributed by atoms with E-state index in [1.165, 1.54) is 64.6 Å². The van der Waals surface area contributed by atoms with E-state index in [9.17, 15) is 0 Å². The van der Waals surface area contributed by atoms with Gasteiger partial charge in [-0.2, -0.15) is 0 Å². The Morgan fingerprint density at radius 3 is 2.44 bits per heavy atom. The summed E-state index contributed by atoms with van der Waals surface area (Å²) in [6, 6.07) is 0.794. The maximum atomic E-state index is 3.72. The zero-order chi connectivity index (χ0) is 12.8. The Kier molecular flexibility index (Phi) is 5.97. The highest BCUT2D eigenvalue weighted by Gasteiger charge is 2.29. The smallest absolute Gasteiger partial charge is 0.0107 e. The van der Waals surface area contributed by atoms with Gasteiger partial charge < -0.3 is 10.2 Å². The van der Waals surface area contributed by atoms with Crippen LogP contribution < -0.4 is 5.32 Å². The summed E-state index contributed by atoms with van der Waals surface area (Å²) < 4.78 is 0. The predicted molar refractivity (Wildman–Crippen MR) is 78.9 cm³/mol. The zero-order valence-electron chi connectivity index (χ0n) is 12.5. The Labute approximate surface area is 114 Å². The molecule has 2 atom stereocenters. The molecule has 0 bridgehead atoms. The molecule has 2 heteroatoms. The molecule has 2 nitrogen and oxygen atoms in total. The van der Waals surface area contributed by atoms with Gasteiger partial charge in [0.1, 0.15) is 0 Å². The maximum Gasteiger partial charge on any atom is 0.0107 e. The minimum Gasteiger partial charge on any atom is -0.314 e. The third kappa shape index (κ3) is 4.55. The van der Waals surface area contributed by atoms with Crippen LogP contribution in [-0.2, 0) is 0 Å². The molecule has 0 spiro atoms. The summed E-state index contributed by atoms with van der Waals surface area (Å²) in [5, 5.41) is 3.72. The van der Waals surface area contributed by atoms with E-state index >= 15 is 0 Å². The maximum absolute atomic E-state index is 3.72. The molecule has 2 fully saturated rings. The molecule has 0 aromatic heterocycles. The average molecular weight is 252 g/mol. The number of nitrogens with one attached hydrogen (secondary N) is 1. The summed E-state index contributed by atoms with van der Waals surface area (Å²) in [4.78, 5) is 2.76. The van der Waals surface area contributed by atoms with Crippen molar-refractivity contribution in [2.75, 3.05) is 26.2 Å². The van der Waals surface area contributed by atoms with E-state index in [0.717, 1.165) is 24.4 Å². The van der Waals surface area contributed by atoms with Crippen LogP contribution in [0, 0.1) is 11.8 Å². The van der Waals surface area contributed by atoms with E-state index < -0.39 is 0 Å². The van der Waals surface area contributed by atoms with E-state index in [2.05, 4.69) is 24.1 Å². The summed E-state index contributed by atoms with van der Waals surface area (Å²) in [6.45, 7) is 9.75. The largest absolute Gasteiger partial charge is 0.314 e. The van der Waals surface area contributed by atoms with Gasteiger partial charge in [0.2, 0.25) is 0 Å². The van der Waals surface area contributed by atoms with Crippen molar-refractivity contribution in [3.05, 3.63) is 0 Å². The van der Waals surface area contributed by atoms with Crippen molar-refractivity contribution in [1.29, 1.82) is 0 Å². The van der Waals surface area contributed by atoms with Crippen LogP contribution >= 0.6 is 0 Å². The SMILES string of the molecule is CCCN(CC1CC1)CC1CCCCC1NCC. The predicted octanol–water partition coefficient (Wildman–Crippen LogP) is 3.28. The fourth-order valence-electron chi connectivity index (χ4n) is 3.53. The van der Waals surface area contributed by atoms with E-state index in [1.54, 1.807) is 0 Å². The van der Waals surface area contributed by atoms with E-state index in [-0.39, 0.29) is 0 Å². The molecule has 0 heterocycles. The van der Waals surface area contributed by atoms with Crippen LogP contribution in [-0.4, -0.2) is 37.1 Å². The van der Waals surface area contributed by atoms with Gasteiger partial charge in [-0.25, -0.2) is 0 Å². The highest BCUT2D eigenvalue weighted by atomic mass is 15.1. The van der Waals surface area contributed by atoms with Crippen molar-refractivity contribution in [3.63, 3.8) is 0 Å². The van der Waals surface area contributed by atoms with Gasteiger partial charge in [-0.15, -0.1) is 0 Å². The van der Waals surface area contributed by atoms with E-state index in [0.29, 0.717) is 0 Å². The number of nitrogens with zero attached hydrogens (tertiary/aromatic N) is 1. The molecule has 0 amide bonds. The second-order valence-electron chi connectivity index (χ2n) is 6.41.